The second kappa shape index (κ2) is 6.86. The van der Waals surface area contributed by atoms with Gasteiger partial charge in [0.25, 0.3) is 0 Å². The van der Waals surface area contributed by atoms with Crippen LogP contribution in [0.5, 0.6) is 0 Å². The maximum Gasteiger partial charge on any atom is 0.0835 e. The molecule has 0 aromatic rings. The third-order valence-electron chi connectivity index (χ3n) is 2.81. The fourth-order valence-electron chi connectivity index (χ4n) is 1.16. The van der Waals surface area contributed by atoms with E-state index in [1.165, 1.54) is 0 Å². The normalized spacial score (nSPS) is 17.9. The molecule has 0 spiro atoms. The van der Waals surface area contributed by atoms with Crippen LogP contribution in [0, 0.1) is 0 Å². The van der Waals surface area contributed by atoms with Gasteiger partial charge < -0.3 is 29.8 Å². The summed E-state index contributed by atoms with van der Waals surface area (Å²) in [5, 5.41) is 6.40. The van der Waals surface area contributed by atoms with Crippen molar-refractivity contribution in [3.8, 4) is 0 Å². The van der Waals surface area contributed by atoms with E-state index in [9.17, 15) is 19.2 Å². The van der Waals surface area contributed by atoms with E-state index in [4.69, 9.17) is 0 Å². The molecule has 2 aliphatic heterocycles. The molecule has 2 rings (SSSR count). The molecule has 0 aliphatic carbocycles. The number of hydrogen-bond donors (Lipinski definition) is 0. The Kier molecular flexibility index (Phi) is 6.45. The topological polar surface area (TPSA) is 96.5 Å². The summed E-state index contributed by atoms with van der Waals surface area (Å²) in [6.45, 7) is 6.41. The first kappa shape index (κ1) is 17.9. The van der Waals surface area contributed by atoms with Crippen molar-refractivity contribution in [1.82, 2.24) is 0 Å². The van der Waals surface area contributed by atoms with Crippen LogP contribution in [0.15, 0.2) is 22.3 Å². The van der Waals surface area contributed by atoms with Crippen molar-refractivity contribution in [2.45, 2.75) is 27.7 Å². The molecule has 0 bridgehead atoms. The molecule has 0 aromatic carbocycles. The van der Waals surface area contributed by atoms with Gasteiger partial charge in [-0.15, -0.1) is 0 Å². The Labute approximate surface area is 135 Å². The number of carbonyl (C=O) groups is 4. The zero-order valence-corrected chi connectivity index (χ0v) is 13.9. The number of rotatable bonds is 0. The van der Waals surface area contributed by atoms with Crippen LogP contribution in [0.25, 0.3) is 10.6 Å². The first-order chi connectivity index (χ1) is 8.25. The summed E-state index contributed by atoms with van der Waals surface area (Å²) in [5.74, 6) is -1.56. The van der Waals surface area contributed by atoms with Gasteiger partial charge in [0.05, 0.1) is 23.6 Å². The summed E-state index contributed by atoms with van der Waals surface area (Å²) in [6, 6.07) is 0. The summed E-state index contributed by atoms with van der Waals surface area (Å²) in [6.07, 6.45) is 0. The summed E-state index contributed by atoms with van der Waals surface area (Å²) in [4.78, 5) is 42.2. The van der Waals surface area contributed by atoms with Crippen LogP contribution in [0.2, 0.25) is 0 Å². The molecule has 4 amide bonds. The molecule has 2 aliphatic rings. The van der Waals surface area contributed by atoms with Gasteiger partial charge in [0.15, 0.2) is 0 Å². The van der Waals surface area contributed by atoms with Gasteiger partial charge in [-0.05, 0) is 50.0 Å². The van der Waals surface area contributed by atoms with Gasteiger partial charge >= 0.3 is 0 Å². The van der Waals surface area contributed by atoms with Crippen LogP contribution in [0.3, 0.4) is 0 Å². The standard InChI is InChI=1S/2C6H7NO2.Y/c2*1-3-4(2)6(9)7-5(3)8;/h2*1-2H3,(H,7,8,9);/p-2. The maximum absolute atomic E-state index is 10.5. The molecular formula is C12H12N2O4Y-2. The number of hydrogen-bond acceptors (Lipinski definition) is 4. The summed E-state index contributed by atoms with van der Waals surface area (Å²) >= 11 is 0. The fourth-order valence-corrected chi connectivity index (χ4v) is 1.16. The average molecular weight is 337 g/mol. The van der Waals surface area contributed by atoms with Crippen LogP contribution in [-0.2, 0) is 51.9 Å². The smallest absolute Gasteiger partial charge is 0.0835 e. The number of carbonyl (C=O) groups excluding carboxylic acids is 4. The van der Waals surface area contributed by atoms with Gasteiger partial charge in [-0.25, -0.2) is 0 Å². The van der Waals surface area contributed by atoms with Crippen molar-refractivity contribution in [1.29, 1.82) is 0 Å². The molecular weight excluding hydrogens is 325 g/mol. The molecule has 2 heterocycles. The van der Waals surface area contributed by atoms with E-state index in [1.54, 1.807) is 27.7 Å². The summed E-state index contributed by atoms with van der Waals surface area (Å²) in [7, 11) is 0. The Balaban J connectivity index is 0.000000324. The van der Waals surface area contributed by atoms with E-state index >= 15 is 0 Å². The minimum Gasteiger partial charge on any atom is -0.588 e. The van der Waals surface area contributed by atoms with Gasteiger partial charge in [0, 0.05) is 32.7 Å². The van der Waals surface area contributed by atoms with Crippen LogP contribution in [0.4, 0.5) is 0 Å². The van der Waals surface area contributed by atoms with E-state index in [1.807, 2.05) is 0 Å². The van der Waals surface area contributed by atoms with Crippen molar-refractivity contribution in [3.63, 3.8) is 0 Å². The number of amides is 4. The van der Waals surface area contributed by atoms with Gasteiger partial charge in [-0.1, -0.05) is 0 Å². The zero-order valence-electron chi connectivity index (χ0n) is 11.1. The van der Waals surface area contributed by atoms with E-state index in [0.29, 0.717) is 22.3 Å². The number of nitrogens with zero attached hydrogens (tertiary/aromatic N) is 2. The Hall–Kier alpha value is -1.14. The molecule has 0 saturated heterocycles. The molecule has 0 fully saturated rings. The van der Waals surface area contributed by atoms with Crippen LogP contribution in [0.1, 0.15) is 27.7 Å². The molecule has 0 aromatic heterocycles. The Bertz CT molecular complexity index is 440. The van der Waals surface area contributed by atoms with E-state index in [-0.39, 0.29) is 32.7 Å². The average Bonchev–Trinajstić information content (AvgIpc) is 2.66. The van der Waals surface area contributed by atoms with Gasteiger partial charge in [-0.3, -0.25) is 0 Å². The fraction of sp³-hybridized carbons (Fsp3) is 0.333. The third-order valence-corrected chi connectivity index (χ3v) is 2.81. The van der Waals surface area contributed by atoms with E-state index in [0.717, 1.165) is 0 Å². The summed E-state index contributed by atoms with van der Waals surface area (Å²) in [5.41, 5.74) is 1.89. The third kappa shape index (κ3) is 3.91. The van der Waals surface area contributed by atoms with Crippen molar-refractivity contribution in [3.05, 3.63) is 32.9 Å². The second-order valence-corrected chi connectivity index (χ2v) is 3.94. The first-order valence-electron chi connectivity index (χ1n) is 5.21. The maximum atomic E-state index is 10.5. The van der Waals surface area contributed by atoms with Crippen molar-refractivity contribution < 1.29 is 51.9 Å². The molecule has 0 N–H and O–H groups in total. The van der Waals surface area contributed by atoms with Crippen LogP contribution >= 0.6 is 0 Å². The van der Waals surface area contributed by atoms with Gasteiger partial charge in [0.1, 0.15) is 0 Å². The monoisotopic (exact) mass is 337 g/mol. The minimum atomic E-state index is -0.391. The quantitative estimate of drug-likeness (QED) is 0.626. The predicted octanol–water partition coefficient (Wildman–Crippen LogP) is 1.52. The van der Waals surface area contributed by atoms with E-state index < -0.39 is 23.6 Å². The molecule has 19 heavy (non-hydrogen) atoms. The summed E-state index contributed by atoms with van der Waals surface area (Å²) < 4.78 is 0. The largest absolute Gasteiger partial charge is 0.588 e. The molecule has 6 nitrogen and oxygen atoms in total. The molecule has 99 valence electrons. The second-order valence-electron chi connectivity index (χ2n) is 3.94. The van der Waals surface area contributed by atoms with E-state index in [2.05, 4.69) is 10.6 Å². The molecule has 0 unspecified atom stereocenters. The molecule has 0 saturated carbocycles. The Morgan fingerprint density at radius 1 is 0.526 bits per heavy atom. The molecule has 0 atom stereocenters. The minimum absolute atomic E-state index is 0. The van der Waals surface area contributed by atoms with Crippen molar-refractivity contribution in [2.75, 3.05) is 0 Å². The number of imide groups is 2. The predicted molar refractivity (Wildman–Crippen MR) is 63.5 cm³/mol. The van der Waals surface area contributed by atoms with Crippen LogP contribution in [-0.4, -0.2) is 23.6 Å². The molecule has 7 heteroatoms. The van der Waals surface area contributed by atoms with Crippen molar-refractivity contribution >= 4 is 23.6 Å². The first-order valence-corrected chi connectivity index (χ1v) is 5.21. The van der Waals surface area contributed by atoms with Crippen molar-refractivity contribution in [2.24, 2.45) is 0 Å². The van der Waals surface area contributed by atoms with Gasteiger partial charge in [0.2, 0.25) is 0 Å². The van der Waals surface area contributed by atoms with Gasteiger partial charge in [-0.2, -0.15) is 0 Å². The molecule has 1 radical (unpaired) electrons. The Morgan fingerprint density at radius 2 is 0.684 bits per heavy atom. The zero-order chi connectivity index (χ0) is 14.0. The van der Waals surface area contributed by atoms with Crippen LogP contribution < -0.4 is 0 Å². The Morgan fingerprint density at radius 3 is 0.737 bits per heavy atom. The SMILES string of the molecule is CC1=C(C)C(=O)[N-]C1=O.CC1=C(C)C(=O)[N-]C1=O.[Y].